The third-order valence-corrected chi connectivity index (χ3v) is 3.63. The Hall–Kier alpha value is -0.860. The molecule has 1 atom stereocenters. The molecule has 20 heavy (non-hydrogen) atoms. The topological polar surface area (TPSA) is 64.8 Å². The van der Waals surface area contributed by atoms with Crippen LogP contribution in [-0.2, 0) is 14.3 Å². The molecule has 1 saturated carbocycles. The van der Waals surface area contributed by atoms with Crippen LogP contribution in [0.4, 0.5) is 13.2 Å². The lowest BCUT2D eigenvalue weighted by Gasteiger charge is -2.36. The molecule has 1 unspecified atom stereocenters. The molecule has 0 aromatic heterocycles. The molecule has 2 N–H and O–H groups in total. The van der Waals surface area contributed by atoms with Gasteiger partial charge in [0.1, 0.15) is 0 Å². The van der Waals surface area contributed by atoms with E-state index in [1.807, 2.05) is 0 Å². The van der Waals surface area contributed by atoms with Crippen molar-refractivity contribution in [3.05, 3.63) is 0 Å². The van der Waals surface area contributed by atoms with E-state index in [9.17, 15) is 18.0 Å². The van der Waals surface area contributed by atoms with Gasteiger partial charge in [-0.2, -0.15) is 0 Å². The van der Waals surface area contributed by atoms with Crippen molar-refractivity contribution >= 4 is 5.91 Å². The van der Waals surface area contributed by atoms with Crippen LogP contribution in [0.15, 0.2) is 0 Å². The molecule has 1 amide bonds. The zero-order valence-corrected chi connectivity index (χ0v) is 11.1. The van der Waals surface area contributed by atoms with Gasteiger partial charge >= 0.3 is 6.36 Å². The van der Waals surface area contributed by atoms with Crippen molar-refractivity contribution in [2.45, 2.75) is 50.3 Å². The maximum atomic E-state index is 11.9. The summed E-state index contributed by atoms with van der Waals surface area (Å²) in [5.41, 5.74) is 5.68. The number of piperidine rings is 1. The molecule has 116 valence electrons. The average molecular weight is 296 g/mol. The maximum absolute atomic E-state index is 11.9. The molecule has 2 aliphatic rings. The highest BCUT2D eigenvalue weighted by Gasteiger charge is 2.40. The summed E-state index contributed by atoms with van der Waals surface area (Å²) in [5.74, 6) is 0.0132. The van der Waals surface area contributed by atoms with Gasteiger partial charge in [-0.3, -0.25) is 9.53 Å². The number of carbonyl (C=O) groups is 1. The highest BCUT2D eigenvalue weighted by atomic mass is 19.4. The van der Waals surface area contributed by atoms with E-state index in [1.165, 1.54) is 0 Å². The lowest BCUT2D eigenvalue weighted by Crippen LogP contribution is -2.46. The minimum Gasteiger partial charge on any atom is -0.376 e. The van der Waals surface area contributed by atoms with Crippen molar-refractivity contribution in [3.8, 4) is 0 Å². The standard InChI is InChI=1S/C12H19F3N2O3/c13-12(14,15)20-10-6-9(7-10)19-4-3-17-2-1-8(16)5-11(17)18/h8-10H,1-7,16H2. The molecular formula is C12H19F3N2O3. The van der Waals surface area contributed by atoms with Crippen molar-refractivity contribution in [2.24, 2.45) is 5.73 Å². The van der Waals surface area contributed by atoms with Crippen molar-refractivity contribution in [2.75, 3.05) is 19.7 Å². The summed E-state index contributed by atoms with van der Waals surface area (Å²) < 4.78 is 45.0. The molecule has 0 aromatic carbocycles. The van der Waals surface area contributed by atoms with E-state index in [4.69, 9.17) is 10.5 Å². The lowest BCUT2D eigenvalue weighted by atomic mass is 9.92. The SMILES string of the molecule is NC1CCN(CCOC2CC(OC(F)(F)F)C2)C(=O)C1. The van der Waals surface area contributed by atoms with Gasteiger partial charge in [0.2, 0.25) is 5.91 Å². The van der Waals surface area contributed by atoms with Gasteiger partial charge in [0.25, 0.3) is 0 Å². The van der Waals surface area contributed by atoms with E-state index in [1.54, 1.807) is 4.90 Å². The van der Waals surface area contributed by atoms with E-state index in [-0.39, 0.29) is 30.9 Å². The molecule has 1 saturated heterocycles. The van der Waals surface area contributed by atoms with Crippen LogP contribution in [0.25, 0.3) is 0 Å². The number of nitrogens with zero attached hydrogens (tertiary/aromatic N) is 1. The first-order chi connectivity index (χ1) is 9.33. The highest BCUT2D eigenvalue weighted by molar-refractivity contribution is 5.77. The largest absolute Gasteiger partial charge is 0.522 e. The lowest BCUT2D eigenvalue weighted by molar-refractivity contribution is -0.357. The van der Waals surface area contributed by atoms with Crippen LogP contribution in [0.3, 0.4) is 0 Å². The van der Waals surface area contributed by atoms with Crippen molar-refractivity contribution in [1.29, 1.82) is 0 Å². The van der Waals surface area contributed by atoms with Crippen LogP contribution in [0, 0.1) is 0 Å². The number of nitrogens with two attached hydrogens (primary N) is 1. The Morgan fingerprint density at radius 3 is 2.60 bits per heavy atom. The molecule has 1 aliphatic heterocycles. The Balaban J connectivity index is 1.56. The second-order valence-corrected chi connectivity index (χ2v) is 5.28. The Bertz CT molecular complexity index is 345. The number of hydrogen-bond donors (Lipinski definition) is 1. The summed E-state index contributed by atoms with van der Waals surface area (Å²) in [7, 11) is 0. The molecule has 5 nitrogen and oxygen atoms in total. The number of alkyl halides is 3. The van der Waals surface area contributed by atoms with Gasteiger partial charge < -0.3 is 15.4 Å². The number of halogens is 3. The van der Waals surface area contributed by atoms with Crippen molar-refractivity contribution < 1.29 is 27.4 Å². The van der Waals surface area contributed by atoms with E-state index in [2.05, 4.69) is 4.74 Å². The number of likely N-dealkylation sites (tertiary alicyclic amines) is 1. The minimum atomic E-state index is -4.57. The molecule has 8 heteroatoms. The van der Waals surface area contributed by atoms with Crippen LogP contribution in [0.5, 0.6) is 0 Å². The Morgan fingerprint density at radius 1 is 1.30 bits per heavy atom. The summed E-state index contributed by atoms with van der Waals surface area (Å²) in [5, 5.41) is 0. The Kier molecular flexibility index (Phi) is 4.87. The number of hydrogen-bond acceptors (Lipinski definition) is 4. The van der Waals surface area contributed by atoms with Crippen LogP contribution < -0.4 is 5.73 Å². The predicted octanol–water partition coefficient (Wildman–Crippen LogP) is 1.02. The van der Waals surface area contributed by atoms with Crippen LogP contribution in [-0.4, -0.2) is 55.1 Å². The third kappa shape index (κ3) is 4.60. The summed E-state index contributed by atoms with van der Waals surface area (Å²) in [6.07, 6.45) is -3.95. The van der Waals surface area contributed by atoms with Gasteiger partial charge in [-0.05, 0) is 6.42 Å². The summed E-state index contributed by atoms with van der Waals surface area (Å²) in [6, 6.07) is -0.0634. The Morgan fingerprint density at radius 2 is 2.00 bits per heavy atom. The molecule has 1 aliphatic carbocycles. The number of carbonyl (C=O) groups excluding carboxylic acids is 1. The van der Waals surface area contributed by atoms with Gasteiger partial charge in [0.05, 0.1) is 18.8 Å². The number of amides is 1. The van der Waals surface area contributed by atoms with Gasteiger partial charge in [-0.15, -0.1) is 13.2 Å². The number of ether oxygens (including phenoxy) is 2. The second kappa shape index (κ2) is 6.28. The normalized spacial score (nSPS) is 31.3. The third-order valence-electron chi connectivity index (χ3n) is 3.63. The molecular weight excluding hydrogens is 277 g/mol. The average Bonchev–Trinajstić information content (AvgIpc) is 2.26. The van der Waals surface area contributed by atoms with Gasteiger partial charge in [-0.1, -0.05) is 0 Å². The zero-order chi connectivity index (χ0) is 14.8. The van der Waals surface area contributed by atoms with Crippen LogP contribution >= 0.6 is 0 Å². The van der Waals surface area contributed by atoms with Crippen LogP contribution in [0.1, 0.15) is 25.7 Å². The summed E-state index contributed by atoms with van der Waals surface area (Å²) in [6.45, 7) is 1.42. The zero-order valence-electron chi connectivity index (χ0n) is 11.1. The monoisotopic (exact) mass is 296 g/mol. The second-order valence-electron chi connectivity index (χ2n) is 5.28. The Labute approximate surface area is 115 Å². The van der Waals surface area contributed by atoms with E-state index in [0.29, 0.717) is 26.1 Å². The van der Waals surface area contributed by atoms with Gasteiger partial charge in [0, 0.05) is 38.4 Å². The molecule has 0 bridgehead atoms. The predicted molar refractivity (Wildman–Crippen MR) is 63.7 cm³/mol. The van der Waals surface area contributed by atoms with E-state index < -0.39 is 12.5 Å². The first-order valence-electron chi connectivity index (χ1n) is 6.73. The molecule has 2 fully saturated rings. The van der Waals surface area contributed by atoms with Crippen molar-refractivity contribution in [3.63, 3.8) is 0 Å². The molecule has 0 radical (unpaired) electrons. The van der Waals surface area contributed by atoms with E-state index >= 15 is 0 Å². The minimum absolute atomic E-state index is 0.0132. The number of rotatable bonds is 5. The first kappa shape index (κ1) is 15.5. The van der Waals surface area contributed by atoms with Crippen LogP contribution in [0.2, 0.25) is 0 Å². The summed E-state index contributed by atoms with van der Waals surface area (Å²) >= 11 is 0. The summed E-state index contributed by atoms with van der Waals surface area (Å²) in [4.78, 5) is 13.3. The maximum Gasteiger partial charge on any atom is 0.522 e. The molecule has 0 aromatic rings. The fraction of sp³-hybridized carbons (Fsp3) is 0.917. The fourth-order valence-electron chi connectivity index (χ4n) is 2.41. The van der Waals surface area contributed by atoms with Crippen molar-refractivity contribution in [1.82, 2.24) is 4.90 Å². The van der Waals surface area contributed by atoms with Gasteiger partial charge in [0.15, 0.2) is 0 Å². The fourth-order valence-corrected chi connectivity index (χ4v) is 2.41. The molecule has 0 spiro atoms. The molecule has 2 rings (SSSR count). The quantitative estimate of drug-likeness (QED) is 0.822. The first-order valence-corrected chi connectivity index (χ1v) is 6.73. The molecule has 1 heterocycles. The highest BCUT2D eigenvalue weighted by Crippen LogP contribution is 2.32. The van der Waals surface area contributed by atoms with E-state index in [0.717, 1.165) is 6.42 Å². The van der Waals surface area contributed by atoms with Gasteiger partial charge in [-0.25, -0.2) is 0 Å². The smallest absolute Gasteiger partial charge is 0.376 e.